The van der Waals surface area contributed by atoms with E-state index >= 15 is 0 Å². The number of amides is 1. The van der Waals surface area contributed by atoms with Crippen LogP contribution < -0.4 is 10.6 Å². The van der Waals surface area contributed by atoms with Crippen LogP contribution in [0, 0.1) is 0 Å². The Balaban J connectivity index is 1.32. The average molecular weight is 359 g/mol. The molecule has 3 rings (SSSR count). The van der Waals surface area contributed by atoms with Crippen molar-refractivity contribution in [3.05, 3.63) is 58.3 Å². The van der Waals surface area contributed by atoms with Gasteiger partial charge in [-0.25, -0.2) is 4.79 Å². The Hall–Kier alpha value is -1.85. The number of nitrogens with one attached hydrogen (secondary N) is 2. The van der Waals surface area contributed by atoms with Crippen molar-refractivity contribution in [1.82, 2.24) is 10.6 Å². The molecule has 1 heterocycles. The van der Waals surface area contributed by atoms with Gasteiger partial charge in [0.1, 0.15) is 6.61 Å². The zero-order valence-corrected chi connectivity index (χ0v) is 15.6. The van der Waals surface area contributed by atoms with Crippen molar-refractivity contribution in [3.8, 4) is 0 Å². The number of hydrogen-bond donors (Lipinski definition) is 2. The first-order valence-corrected chi connectivity index (χ1v) is 9.65. The Bertz CT molecular complexity index is 664. The third kappa shape index (κ3) is 5.06. The minimum Gasteiger partial charge on any atom is -0.445 e. The Morgan fingerprint density at radius 1 is 1.16 bits per heavy atom. The van der Waals surface area contributed by atoms with Gasteiger partial charge < -0.3 is 15.4 Å². The summed E-state index contributed by atoms with van der Waals surface area (Å²) in [6, 6.07) is 14.7. The molecule has 1 aliphatic rings. The molecule has 1 aromatic carbocycles. The number of carbonyl (C=O) groups is 1. The summed E-state index contributed by atoms with van der Waals surface area (Å²) in [5, 5.41) is 8.69. The topological polar surface area (TPSA) is 50.4 Å². The second-order valence-electron chi connectivity index (χ2n) is 7.31. The third-order valence-corrected chi connectivity index (χ3v) is 5.93. The van der Waals surface area contributed by atoms with Crippen molar-refractivity contribution in [2.24, 2.45) is 0 Å². The Morgan fingerprint density at radius 3 is 2.60 bits per heavy atom. The average Bonchev–Trinajstić information content (AvgIpc) is 3.11. The molecule has 0 bridgehead atoms. The van der Waals surface area contributed by atoms with Crippen molar-refractivity contribution in [3.63, 3.8) is 0 Å². The van der Waals surface area contributed by atoms with Crippen LogP contribution in [0.25, 0.3) is 0 Å². The predicted molar refractivity (Wildman–Crippen MR) is 102 cm³/mol. The molecule has 1 amide bonds. The molecular formula is C20H26N2O2S. The molecular weight excluding hydrogens is 332 g/mol. The molecule has 0 unspecified atom stereocenters. The van der Waals surface area contributed by atoms with Gasteiger partial charge >= 0.3 is 6.09 Å². The lowest BCUT2D eigenvalue weighted by Crippen LogP contribution is -2.54. The lowest BCUT2D eigenvalue weighted by molar-refractivity contribution is 0.125. The number of benzene rings is 1. The van der Waals surface area contributed by atoms with E-state index in [0.29, 0.717) is 12.6 Å². The van der Waals surface area contributed by atoms with E-state index in [1.807, 2.05) is 30.3 Å². The molecule has 134 valence electrons. The highest BCUT2D eigenvalue weighted by Crippen LogP contribution is 2.28. The standard InChI is InChI=1S/C20H26N2O2S/c1-20(2,18-9-6-10-25-18)14-21-16-11-17(12-16)22-19(23)24-13-15-7-4-3-5-8-15/h3-10,16-17,21H,11-14H2,1-2H3,(H,22,23). The fourth-order valence-electron chi connectivity index (χ4n) is 2.98. The lowest BCUT2D eigenvalue weighted by Gasteiger charge is -2.38. The monoisotopic (exact) mass is 358 g/mol. The summed E-state index contributed by atoms with van der Waals surface area (Å²) >= 11 is 1.81. The van der Waals surface area contributed by atoms with Crippen molar-refractivity contribution in [1.29, 1.82) is 0 Å². The lowest BCUT2D eigenvalue weighted by atomic mass is 9.84. The molecule has 1 fully saturated rings. The van der Waals surface area contributed by atoms with Crippen molar-refractivity contribution in [2.75, 3.05) is 6.54 Å². The minimum absolute atomic E-state index is 0.140. The molecule has 25 heavy (non-hydrogen) atoms. The number of ether oxygens (including phenoxy) is 1. The van der Waals surface area contributed by atoms with E-state index in [-0.39, 0.29) is 17.6 Å². The fraction of sp³-hybridized carbons (Fsp3) is 0.450. The zero-order chi connectivity index (χ0) is 17.7. The second kappa shape index (κ2) is 8.02. The van der Waals surface area contributed by atoms with Gasteiger partial charge in [-0.3, -0.25) is 0 Å². The van der Waals surface area contributed by atoms with Crippen LogP contribution >= 0.6 is 11.3 Å². The molecule has 0 radical (unpaired) electrons. The summed E-state index contributed by atoms with van der Waals surface area (Å²) in [6.07, 6.45) is 1.59. The highest BCUT2D eigenvalue weighted by Gasteiger charge is 2.32. The van der Waals surface area contributed by atoms with Crippen molar-refractivity contribution in [2.45, 2.75) is 50.8 Å². The van der Waals surface area contributed by atoms with E-state index in [2.05, 4.69) is 42.0 Å². The van der Waals surface area contributed by atoms with E-state index < -0.39 is 0 Å². The molecule has 2 N–H and O–H groups in total. The predicted octanol–water partition coefficient (Wildman–Crippen LogP) is 4.07. The van der Waals surface area contributed by atoms with Gasteiger partial charge in [0.05, 0.1) is 0 Å². The van der Waals surface area contributed by atoms with Crippen LogP contribution in [0.5, 0.6) is 0 Å². The first kappa shape index (κ1) is 18.0. The summed E-state index contributed by atoms with van der Waals surface area (Å²) < 4.78 is 5.26. The first-order chi connectivity index (χ1) is 12.0. The SMILES string of the molecule is CC(C)(CNC1CC(NC(=O)OCc2ccccc2)C1)c1cccs1. The molecule has 0 spiro atoms. The van der Waals surface area contributed by atoms with E-state index in [4.69, 9.17) is 4.74 Å². The first-order valence-electron chi connectivity index (χ1n) is 8.77. The maximum absolute atomic E-state index is 11.8. The van der Waals surface area contributed by atoms with Gasteiger partial charge in [-0.15, -0.1) is 11.3 Å². The maximum Gasteiger partial charge on any atom is 0.407 e. The van der Waals surface area contributed by atoms with Gasteiger partial charge in [-0.05, 0) is 29.9 Å². The molecule has 5 heteroatoms. The summed E-state index contributed by atoms with van der Waals surface area (Å²) in [4.78, 5) is 13.2. The van der Waals surface area contributed by atoms with Crippen LogP contribution in [0.3, 0.4) is 0 Å². The number of hydrogen-bond acceptors (Lipinski definition) is 4. The Labute approximate surface area is 153 Å². The smallest absolute Gasteiger partial charge is 0.407 e. The molecule has 4 nitrogen and oxygen atoms in total. The second-order valence-corrected chi connectivity index (χ2v) is 8.26. The molecule has 0 aliphatic heterocycles. The summed E-state index contributed by atoms with van der Waals surface area (Å²) in [5.41, 5.74) is 1.14. The maximum atomic E-state index is 11.8. The van der Waals surface area contributed by atoms with Gasteiger partial charge in [0.2, 0.25) is 0 Å². The Kier molecular flexibility index (Phi) is 5.76. The van der Waals surface area contributed by atoms with Crippen LogP contribution in [-0.2, 0) is 16.8 Å². The van der Waals surface area contributed by atoms with Gasteiger partial charge in [-0.2, -0.15) is 0 Å². The van der Waals surface area contributed by atoms with Crippen molar-refractivity contribution >= 4 is 17.4 Å². The van der Waals surface area contributed by atoms with Gasteiger partial charge in [-0.1, -0.05) is 50.2 Å². The number of thiophene rings is 1. The number of rotatable bonds is 7. The van der Waals surface area contributed by atoms with E-state index in [9.17, 15) is 4.79 Å². The van der Waals surface area contributed by atoms with Gasteiger partial charge in [0, 0.05) is 28.9 Å². The Morgan fingerprint density at radius 2 is 1.92 bits per heavy atom. The highest BCUT2D eigenvalue weighted by atomic mass is 32.1. The van der Waals surface area contributed by atoms with E-state index in [0.717, 1.165) is 24.9 Å². The normalized spacial score (nSPS) is 19.9. The highest BCUT2D eigenvalue weighted by molar-refractivity contribution is 7.10. The van der Waals surface area contributed by atoms with E-state index in [1.54, 1.807) is 11.3 Å². The van der Waals surface area contributed by atoms with Crippen LogP contribution in [0.15, 0.2) is 47.8 Å². The van der Waals surface area contributed by atoms with Gasteiger partial charge in [0.25, 0.3) is 0 Å². The molecule has 2 aromatic rings. The molecule has 0 saturated heterocycles. The van der Waals surface area contributed by atoms with Crippen LogP contribution in [-0.4, -0.2) is 24.7 Å². The largest absolute Gasteiger partial charge is 0.445 e. The van der Waals surface area contributed by atoms with Crippen LogP contribution in [0.2, 0.25) is 0 Å². The van der Waals surface area contributed by atoms with E-state index in [1.165, 1.54) is 4.88 Å². The molecule has 1 aromatic heterocycles. The molecule has 1 aliphatic carbocycles. The third-order valence-electron chi connectivity index (χ3n) is 4.69. The van der Waals surface area contributed by atoms with Gasteiger partial charge in [0.15, 0.2) is 0 Å². The summed E-state index contributed by atoms with van der Waals surface area (Å²) in [7, 11) is 0. The fourth-order valence-corrected chi connectivity index (χ4v) is 3.84. The quantitative estimate of drug-likeness (QED) is 0.784. The van der Waals surface area contributed by atoms with Crippen LogP contribution in [0.4, 0.5) is 4.79 Å². The number of alkyl carbamates (subject to hydrolysis) is 1. The minimum atomic E-state index is -0.328. The zero-order valence-electron chi connectivity index (χ0n) is 14.8. The van der Waals surface area contributed by atoms with Crippen LogP contribution in [0.1, 0.15) is 37.1 Å². The molecule has 0 atom stereocenters. The number of carbonyl (C=O) groups excluding carboxylic acids is 1. The summed E-state index contributed by atoms with van der Waals surface area (Å²) in [6.45, 7) is 5.79. The van der Waals surface area contributed by atoms with Crippen molar-refractivity contribution < 1.29 is 9.53 Å². The molecule has 1 saturated carbocycles. The summed E-state index contributed by atoms with van der Waals surface area (Å²) in [5.74, 6) is 0.